The average molecular weight is 306 g/mol. The van der Waals surface area contributed by atoms with E-state index in [1.807, 2.05) is 13.8 Å². The summed E-state index contributed by atoms with van der Waals surface area (Å²) in [5.74, 6) is 0.417. The highest BCUT2D eigenvalue weighted by Gasteiger charge is 2.16. The fourth-order valence-corrected chi connectivity index (χ4v) is 2.96. The van der Waals surface area contributed by atoms with Gasteiger partial charge in [0.25, 0.3) is 0 Å². The lowest BCUT2D eigenvalue weighted by molar-refractivity contribution is -0.142. The van der Waals surface area contributed by atoms with E-state index >= 15 is 0 Å². The molecule has 0 bridgehead atoms. The minimum Gasteiger partial charge on any atom is -0.481 e. The van der Waals surface area contributed by atoms with Crippen molar-refractivity contribution in [1.29, 1.82) is 0 Å². The van der Waals surface area contributed by atoms with Crippen LogP contribution in [0.5, 0.6) is 5.75 Å². The number of piperazine rings is 1. The molecule has 1 atom stereocenters. The van der Waals surface area contributed by atoms with Gasteiger partial charge in [0.2, 0.25) is 0 Å². The largest absolute Gasteiger partial charge is 0.481 e. The molecular weight excluding hydrogens is 280 g/mol. The number of rotatable bonds is 5. The maximum absolute atomic E-state index is 11.2. The second-order valence-corrected chi connectivity index (χ2v) is 6.01. The molecule has 5 heteroatoms. The fraction of sp³-hybridized carbons (Fsp3) is 0.588. The third-order valence-electron chi connectivity index (χ3n) is 3.94. The molecule has 1 heterocycles. The van der Waals surface area contributed by atoms with E-state index in [0.717, 1.165) is 43.1 Å². The van der Waals surface area contributed by atoms with Crippen LogP contribution in [0.15, 0.2) is 12.1 Å². The van der Waals surface area contributed by atoms with E-state index < -0.39 is 0 Å². The van der Waals surface area contributed by atoms with Gasteiger partial charge in [-0.1, -0.05) is 12.1 Å². The molecule has 0 aliphatic carbocycles. The molecule has 2 rings (SSSR count). The third-order valence-corrected chi connectivity index (χ3v) is 3.94. The van der Waals surface area contributed by atoms with E-state index in [0.29, 0.717) is 6.04 Å². The van der Waals surface area contributed by atoms with Crippen LogP contribution in [-0.4, -0.2) is 50.3 Å². The van der Waals surface area contributed by atoms with Gasteiger partial charge in [0.1, 0.15) is 5.75 Å². The van der Waals surface area contributed by atoms with E-state index in [2.05, 4.69) is 34.0 Å². The zero-order valence-corrected chi connectivity index (χ0v) is 13.9. The summed E-state index contributed by atoms with van der Waals surface area (Å²) in [4.78, 5) is 13.7. The summed E-state index contributed by atoms with van der Waals surface area (Å²) in [7, 11) is 1.36. The van der Waals surface area contributed by atoms with Gasteiger partial charge in [0.05, 0.1) is 7.11 Å². The minimum absolute atomic E-state index is 0.0488. The molecule has 0 saturated carbocycles. The number of nitrogens with one attached hydrogen (secondary N) is 1. The molecule has 1 saturated heterocycles. The van der Waals surface area contributed by atoms with E-state index in [-0.39, 0.29) is 12.6 Å². The van der Waals surface area contributed by atoms with E-state index in [1.165, 1.54) is 12.7 Å². The summed E-state index contributed by atoms with van der Waals surface area (Å²) in [6, 6.07) is 4.83. The molecule has 0 amide bonds. The number of aryl methyl sites for hydroxylation is 2. The topological polar surface area (TPSA) is 50.8 Å². The summed E-state index contributed by atoms with van der Waals surface area (Å²) in [5, 5.41) is 3.46. The number of benzene rings is 1. The monoisotopic (exact) mass is 306 g/mol. The molecule has 0 radical (unpaired) electrons. The van der Waals surface area contributed by atoms with Gasteiger partial charge >= 0.3 is 5.97 Å². The van der Waals surface area contributed by atoms with Crippen LogP contribution in [0.25, 0.3) is 0 Å². The van der Waals surface area contributed by atoms with Crippen molar-refractivity contribution in [3.8, 4) is 5.75 Å². The molecule has 0 unspecified atom stereocenters. The van der Waals surface area contributed by atoms with Crippen LogP contribution >= 0.6 is 0 Å². The maximum Gasteiger partial charge on any atom is 0.343 e. The van der Waals surface area contributed by atoms with Crippen molar-refractivity contribution in [3.05, 3.63) is 28.8 Å². The molecule has 1 fully saturated rings. The van der Waals surface area contributed by atoms with Crippen LogP contribution in [0.1, 0.15) is 23.6 Å². The number of carbonyl (C=O) groups excluding carboxylic acids is 1. The molecule has 1 aromatic rings. The van der Waals surface area contributed by atoms with Gasteiger partial charge in [-0.05, 0) is 37.5 Å². The van der Waals surface area contributed by atoms with Crippen molar-refractivity contribution in [3.63, 3.8) is 0 Å². The van der Waals surface area contributed by atoms with Gasteiger partial charge in [-0.3, -0.25) is 4.90 Å². The van der Waals surface area contributed by atoms with Crippen molar-refractivity contribution in [1.82, 2.24) is 10.2 Å². The lowest BCUT2D eigenvalue weighted by Crippen LogP contribution is -2.48. The molecule has 22 heavy (non-hydrogen) atoms. The first-order chi connectivity index (χ1) is 10.5. The first kappa shape index (κ1) is 16.8. The Labute approximate surface area is 132 Å². The lowest BCUT2D eigenvalue weighted by atomic mass is 10.0. The average Bonchev–Trinajstić information content (AvgIpc) is 2.46. The molecular formula is C17H26N2O3. The Morgan fingerprint density at radius 2 is 2.05 bits per heavy atom. The Morgan fingerprint density at radius 3 is 2.64 bits per heavy atom. The number of ether oxygens (including phenoxy) is 2. The molecule has 1 aliphatic heterocycles. The Bertz CT molecular complexity index is 508. The Kier molecular flexibility index (Phi) is 5.80. The number of nitrogens with zero attached hydrogens (tertiary/aromatic N) is 1. The zero-order chi connectivity index (χ0) is 16.1. The minimum atomic E-state index is -0.363. The highest BCUT2D eigenvalue weighted by atomic mass is 16.6. The van der Waals surface area contributed by atoms with Gasteiger partial charge in [-0.2, -0.15) is 0 Å². The third kappa shape index (κ3) is 4.45. The first-order valence-electron chi connectivity index (χ1n) is 7.75. The zero-order valence-electron chi connectivity index (χ0n) is 13.9. The molecule has 1 aliphatic rings. The van der Waals surface area contributed by atoms with Gasteiger partial charge in [-0.25, -0.2) is 4.79 Å². The highest BCUT2D eigenvalue weighted by Crippen LogP contribution is 2.25. The van der Waals surface area contributed by atoms with Crippen LogP contribution in [0.4, 0.5) is 0 Å². The van der Waals surface area contributed by atoms with Crippen LogP contribution < -0.4 is 10.1 Å². The van der Waals surface area contributed by atoms with Crippen LogP contribution in [-0.2, 0) is 16.1 Å². The number of hydrogen-bond donors (Lipinski definition) is 1. The number of methoxy groups -OCH3 is 1. The highest BCUT2D eigenvalue weighted by molar-refractivity contribution is 5.71. The number of esters is 1. The van der Waals surface area contributed by atoms with E-state index in [4.69, 9.17) is 4.74 Å². The smallest absolute Gasteiger partial charge is 0.343 e. The van der Waals surface area contributed by atoms with Crippen molar-refractivity contribution >= 4 is 5.97 Å². The SMILES string of the molecule is COC(=O)COc1c(C)cc(CN2CCN[C@H](C)C2)cc1C. The second kappa shape index (κ2) is 7.61. The van der Waals surface area contributed by atoms with Crippen LogP contribution in [0, 0.1) is 13.8 Å². The van der Waals surface area contributed by atoms with Gasteiger partial charge < -0.3 is 14.8 Å². The predicted molar refractivity (Wildman–Crippen MR) is 86.2 cm³/mol. The van der Waals surface area contributed by atoms with Crippen LogP contribution in [0.3, 0.4) is 0 Å². The van der Waals surface area contributed by atoms with Gasteiger partial charge in [0, 0.05) is 32.2 Å². The van der Waals surface area contributed by atoms with E-state index in [1.54, 1.807) is 0 Å². The molecule has 0 aromatic heterocycles. The fourth-order valence-electron chi connectivity index (χ4n) is 2.96. The molecule has 1 N–H and O–H groups in total. The van der Waals surface area contributed by atoms with E-state index in [9.17, 15) is 4.79 Å². The molecule has 1 aromatic carbocycles. The maximum atomic E-state index is 11.2. The predicted octanol–water partition coefficient (Wildman–Crippen LogP) is 1.65. The van der Waals surface area contributed by atoms with Crippen molar-refractivity contribution in [2.75, 3.05) is 33.4 Å². The summed E-state index contributed by atoms with van der Waals surface area (Å²) in [5.41, 5.74) is 3.40. The Hall–Kier alpha value is -1.59. The lowest BCUT2D eigenvalue weighted by Gasteiger charge is -2.32. The normalized spacial score (nSPS) is 19.0. The van der Waals surface area contributed by atoms with Crippen LogP contribution in [0.2, 0.25) is 0 Å². The summed E-state index contributed by atoms with van der Waals surface area (Å²) in [6.07, 6.45) is 0. The first-order valence-corrected chi connectivity index (χ1v) is 7.75. The molecule has 122 valence electrons. The Morgan fingerprint density at radius 1 is 1.36 bits per heavy atom. The summed E-state index contributed by atoms with van der Waals surface area (Å²) < 4.78 is 10.2. The number of carbonyl (C=O) groups is 1. The molecule has 0 spiro atoms. The van der Waals surface area contributed by atoms with Gasteiger partial charge in [0.15, 0.2) is 6.61 Å². The van der Waals surface area contributed by atoms with Gasteiger partial charge in [-0.15, -0.1) is 0 Å². The van der Waals surface area contributed by atoms with Crippen molar-refractivity contribution in [2.45, 2.75) is 33.4 Å². The van der Waals surface area contributed by atoms with Crippen molar-refractivity contribution < 1.29 is 14.3 Å². The standard InChI is InChI=1S/C17H26N2O3/c1-12-7-15(10-19-6-5-18-14(3)9-19)8-13(2)17(12)22-11-16(20)21-4/h7-8,14,18H,5-6,9-11H2,1-4H3/t14-/m1/s1. The molecule has 5 nitrogen and oxygen atoms in total. The quantitative estimate of drug-likeness (QED) is 0.838. The Balaban J connectivity index is 2.03. The summed E-state index contributed by atoms with van der Waals surface area (Å²) >= 11 is 0. The second-order valence-electron chi connectivity index (χ2n) is 6.01. The van der Waals surface area contributed by atoms with Crippen molar-refractivity contribution in [2.24, 2.45) is 0 Å². The number of hydrogen-bond acceptors (Lipinski definition) is 5. The summed E-state index contributed by atoms with van der Waals surface area (Å²) in [6.45, 7) is 10.3.